The number of aryl methyl sites for hydroxylation is 1. The highest BCUT2D eigenvalue weighted by Gasteiger charge is 2.48. The first kappa shape index (κ1) is 32.2. The van der Waals surface area contributed by atoms with Crippen molar-refractivity contribution in [3.05, 3.63) is 40.3 Å². The first-order valence-electron chi connectivity index (χ1n) is 12.7. The van der Waals surface area contributed by atoms with E-state index in [1.54, 1.807) is 24.3 Å². The zero-order valence-electron chi connectivity index (χ0n) is 22.0. The van der Waals surface area contributed by atoms with Crippen molar-refractivity contribution in [3.63, 3.8) is 0 Å². The number of amides is 5. The zero-order chi connectivity index (χ0) is 30.5. The molecule has 0 radical (unpaired) electrons. The van der Waals surface area contributed by atoms with E-state index in [0.29, 0.717) is 29.8 Å². The predicted octanol–water partition coefficient (Wildman–Crippen LogP) is 2.19. The lowest BCUT2D eigenvalue weighted by molar-refractivity contribution is -0.158. The van der Waals surface area contributed by atoms with E-state index in [0.717, 1.165) is 5.56 Å². The highest BCUT2D eigenvalue weighted by atomic mass is 16.4. The van der Waals surface area contributed by atoms with Gasteiger partial charge in [-0.1, -0.05) is 29.4 Å². The average Bonchev–Trinajstić information content (AvgIpc) is 2.89. The van der Waals surface area contributed by atoms with Gasteiger partial charge in [0, 0.05) is 30.0 Å². The molecule has 41 heavy (non-hydrogen) atoms. The Morgan fingerprint density at radius 2 is 1.46 bits per heavy atom. The first-order valence-corrected chi connectivity index (χ1v) is 12.7. The monoisotopic (exact) mass is 574 g/mol. The molecule has 1 heterocycles. The fourth-order valence-electron chi connectivity index (χ4n) is 4.24. The quantitative estimate of drug-likeness (QED) is 0.0694. The molecule has 1 aromatic carbocycles. The molecule has 1 aliphatic heterocycles. The minimum absolute atomic E-state index is 0.168. The number of imide groups is 2. The molecule has 0 bridgehead atoms. The second kappa shape index (κ2) is 15.6. The van der Waals surface area contributed by atoms with E-state index >= 15 is 0 Å². The van der Waals surface area contributed by atoms with Crippen LogP contribution >= 0.6 is 0 Å². The number of rotatable bonds is 17. The maximum atomic E-state index is 13.0. The molecular formula is C25H30N6O10. The van der Waals surface area contributed by atoms with Gasteiger partial charge < -0.3 is 20.6 Å². The molecule has 2 atom stereocenters. The molecule has 16 heteroatoms. The lowest BCUT2D eigenvalue weighted by Crippen LogP contribution is -2.63. The molecule has 220 valence electrons. The van der Waals surface area contributed by atoms with Crippen molar-refractivity contribution in [1.29, 1.82) is 0 Å². The third kappa shape index (κ3) is 9.61. The number of hydrogen-bond acceptors (Lipinski definition) is 8. The second-order valence-electron chi connectivity index (χ2n) is 9.18. The Morgan fingerprint density at radius 3 is 2.00 bits per heavy atom. The summed E-state index contributed by atoms with van der Waals surface area (Å²) in [5, 5.41) is 34.2. The summed E-state index contributed by atoms with van der Waals surface area (Å²) in [5.74, 6) is -7.07. The van der Waals surface area contributed by atoms with Crippen LogP contribution in [0, 0.1) is 0 Å². The predicted molar refractivity (Wildman–Crippen MR) is 138 cm³/mol. The number of azide groups is 1. The first-order chi connectivity index (χ1) is 19.5. The molecule has 1 aliphatic rings. The van der Waals surface area contributed by atoms with Crippen LogP contribution in [-0.4, -0.2) is 85.4 Å². The van der Waals surface area contributed by atoms with Crippen LogP contribution < -0.4 is 5.32 Å². The van der Waals surface area contributed by atoms with Crippen LogP contribution in [0.3, 0.4) is 0 Å². The molecule has 0 aliphatic carbocycles. The average molecular weight is 575 g/mol. The molecule has 1 unspecified atom stereocenters. The molecule has 1 saturated heterocycles. The molecule has 5 amide bonds. The molecule has 1 fully saturated rings. The third-order valence-corrected chi connectivity index (χ3v) is 6.27. The molecular weight excluding hydrogens is 544 g/mol. The van der Waals surface area contributed by atoms with Gasteiger partial charge in [-0.15, -0.1) is 0 Å². The van der Waals surface area contributed by atoms with Crippen LogP contribution in [0.4, 0.5) is 10.5 Å². The summed E-state index contributed by atoms with van der Waals surface area (Å²) >= 11 is 0. The third-order valence-electron chi connectivity index (χ3n) is 6.27. The number of barbiturate groups is 1. The van der Waals surface area contributed by atoms with Gasteiger partial charge in [-0.05, 0) is 49.6 Å². The van der Waals surface area contributed by atoms with E-state index in [1.165, 1.54) is 0 Å². The lowest BCUT2D eigenvalue weighted by Gasteiger charge is -2.38. The normalized spacial score (nSPS) is 14.7. The van der Waals surface area contributed by atoms with E-state index in [4.69, 9.17) is 10.6 Å². The number of carbonyl (C=O) groups is 7. The summed E-state index contributed by atoms with van der Waals surface area (Å²) in [4.78, 5) is 87.6. The summed E-state index contributed by atoms with van der Waals surface area (Å²) < 4.78 is 0. The molecule has 2 rings (SSSR count). The summed E-state index contributed by atoms with van der Waals surface area (Å²) in [6, 6.07) is 1.92. The topological polar surface area (TPSA) is 247 Å². The van der Waals surface area contributed by atoms with Gasteiger partial charge >= 0.3 is 23.9 Å². The fourth-order valence-corrected chi connectivity index (χ4v) is 4.24. The highest BCUT2D eigenvalue weighted by Crippen LogP contribution is 2.23. The number of benzene rings is 1. The SMILES string of the molecule is [N-]=[N+]=Nc1ccc(CCCC(=O)NCCCC[C@@H](C(=O)O)N2C(=O)CC(=O)N(C(CCC(=O)O)C(=O)O)C2=O)cc1. The lowest BCUT2D eigenvalue weighted by atomic mass is 10.0. The van der Waals surface area contributed by atoms with Crippen LogP contribution in [0.25, 0.3) is 10.4 Å². The van der Waals surface area contributed by atoms with Gasteiger partial charge in [-0.2, -0.15) is 0 Å². The van der Waals surface area contributed by atoms with Crippen molar-refractivity contribution in [1.82, 2.24) is 15.1 Å². The number of aliphatic carboxylic acids is 3. The number of carbonyl (C=O) groups excluding carboxylic acids is 4. The number of hydrogen-bond donors (Lipinski definition) is 4. The van der Waals surface area contributed by atoms with Crippen molar-refractivity contribution < 1.29 is 48.9 Å². The molecule has 0 spiro atoms. The molecule has 0 saturated carbocycles. The fraction of sp³-hybridized carbons (Fsp3) is 0.480. The number of nitrogens with one attached hydrogen (secondary N) is 1. The van der Waals surface area contributed by atoms with Crippen molar-refractivity contribution >= 4 is 47.3 Å². The number of nitrogens with zero attached hydrogens (tertiary/aromatic N) is 5. The number of urea groups is 1. The second-order valence-corrected chi connectivity index (χ2v) is 9.18. The Bertz CT molecular complexity index is 1230. The largest absolute Gasteiger partial charge is 0.481 e. The van der Waals surface area contributed by atoms with Gasteiger partial charge in [0.15, 0.2) is 0 Å². The standard InChI is InChI=1S/C25H30N6O10/c26-29-28-16-9-7-15(8-10-16)4-3-6-19(32)27-13-2-1-5-17(23(37)38)30-20(33)14-21(34)31(25(30)41)18(24(39)40)11-12-22(35)36/h7-10,17-18H,1-6,11-14H2,(H,27,32)(H,35,36)(H,37,38)(H,39,40)/t17-,18?/m0/s1. The highest BCUT2D eigenvalue weighted by molar-refractivity contribution is 6.16. The van der Waals surface area contributed by atoms with E-state index in [9.17, 15) is 43.8 Å². The maximum absolute atomic E-state index is 13.0. The molecule has 0 aromatic heterocycles. The van der Waals surface area contributed by atoms with Crippen molar-refractivity contribution in [2.24, 2.45) is 5.11 Å². The number of unbranched alkanes of at least 4 members (excludes halogenated alkanes) is 1. The molecule has 1 aromatic rings. The summed E-state index contributed by atoms with van der Waals surface area (Å²) in [6.07, 6.45) is -0.556. The minimum Gasteiger partial charge on any atom is -0.481 e. The Labute approximate surface area is 233 Å². The van der Waals surface area contributed by atoms with Crippen LogP contribution in [0.2, 0.25) is 0 Å². The van der Waals surface area contributed by atoms with Gasteiger partial charge in [0.2, 0.25) is 17.7 Å². The number of carboxylic acid groups (broad SMARTS) is 3. The smallest absolute Gasteiger partial charge is 0.335 e. The molecule has 4 N–H and O–H groups in total. The van der Waals surface area contributed by atoms with Crippen molar-refractivity contribution in [3.8, 4) is 0 Å². The van der Waals surface area contributed by atoms with Crippen molar-refractivity contribution in [2.45, 2.75) is 69.9 Å². The van der Waals surface area contributed by atoms with E-state index in [-0.39, 0.29) is 36.6 Å². The van der Waals surface area contributed by atoms with E-state index < -0.39 is 67.1 Å². The number of carboxylic acids is 3. The van der Waals surface area contributed by atoms with Gasteiger partial charge in [0.05, 0.1) is 0 Å². The van der Waals surface area contributed by atoms with Crippen LogP contribution in [-0.2, 0) is 35.2 Å². The van der Waals surface area contributed by atoms with E-state index in [2.05, 4.69) is 15.3 Å². The maximum Gasteiger partial charge on any atom is 0.335 e. The van der Waals surface area contributed by atoms with Crippen LogP contribution in [0.5, 0.6) is 0 Å². The zero-order valence-corrected chi connectivity index (χ0v) is 22.0. The Kier molecular flexibility index (Phi) is 12.2. The van der Waals surface area contributed by atoms with Gasteiger partial charge in [-0.25, -0.2) is 24.2 Å². The Morgan fingerprint density at radius 1 is 0.878 bits per heavy atom. The van der Waals surface area contributed by atoms with Gasteiger partial charge in [0.25, 0.3) is 0 Å². The van der Waals surface area contributed by atoms with Gasteiger partial charge in [0.1, 0.15) is 18.5 Å². The Balaban J connectivity index is 1.87. The van der Waals surface area contributed by atoms with Gasteiger partial charge in [-0.3, -0.25) is 19.2 Å². The van der Waals surface area contributed by atoms with Crippen molar-refractivity contribution in [2.75, 3.05) is 6.54 Å². The van der Waals surface area contributed by atoms with Crippen LogP contribution in [0.1, 0.15) is 56.9 Å². The summed E-state index contributed by atoms with van der Waals surface area (Å²) in [5.41, 5.74) is 9.88. The Hall–Kier alpha value is -4.98. The van der Waals surface area contributed by atoms with E-state index in [1.807, 2.05) is 0 Å². The summed E-state index contributed by atoms with van der Waals surface area (Å²) in [6.45, 7) is 0.203. The minimum atomic E-state index is -1.89. The van der Waals surface area contributed by atoms with Crippen LogP contribution in [0.15, 0.2) is 29.4 Å². The molecule has 16 nitrogen and oxygen atoms in total. The summed E-state index contributed by atoms with van der Waals surface area (Å²) in [7, 11) is 0.